The van der Waals surface area contributed by atoms with Gasteiger partial charge in [-0.3, -0.25) is 15.0 Å². The lowest BCUT2D eigenvalue weighted by atomic mass is 10.2. The first kappa shape index (κ1) is 13.7. The molecule has 2 atom stereocenters. The van der Waals surface area contributed by atoms with Crippen molar-refractivity contribution < 1.29 is 0 Å². The summed E-state index contributed by atoms with van der Waals surface area (Å²) in [4.78, 5) is 15.7. The van der Waals surface area contributed by atoms with Gasteiger partial charge in [0.15, 0.2) is 0 Å². The summed E-state index contributed by atoms with van der Waals surface area (Å²) in [5, 5.41) is 20.8. The molecule has 3 aromatic rings. The van der Waals surface area contributed by atoms with Crippen molar-refractivity contribution in [2.45, 2.75) is 31.3 Å². The van der Waals surface area contributed by atoms with Crippen LogP contribution in [0.15, 0.2) is 35.4 Å². The number of fused-ring (bicyclic) bond motifs is 1. The van der Waals surface area contributed by atoms with Crippen LogP contribution in [-0.4, -0.2) is 37.5 Å². The summed E-state index contributed by atoms with van der Waals surface area (Å²) < 4.78 is 0. The zero-order valence-corrected chi connectivity index (χ0v) is 12.4. The van der Waals surface area contributed by atoms with Crippen molar-refractivity contribution in [3.05, 3.63) is 40.9 Å². The van der Waals surface area contributed by atoms with E-state index in [-0.39, 0.29) is 5.56 Å². The summed E-state index contributed by atoms with van der Waals surface area (Å²) >= 11 is 0. The maximum Gasteiger partial charge on any atom is 0.271 e. The van der Waals surface area contributed by atoms with E-state index in [1.165, 1.54) is 0 Å². The molecule has 2 heterocycles. The van der Waals surface area contributed by atoms with Crippen LogP contribution < -0.4 is 16.2 Å². The fraction of sp³-hybridized carbons (Fsp3) is 0.333. The molecule has 8 nitrogen and oxygen atoms in total. The molecule has 1 saturated carbocycles. The summed E-state index contributed by atoms with van der Waals surface area (Å²) in [5.74, 6) is 0.574. The van der Waals surface area contributed by atoms with Crippen LogP contribution in [-0.2, 0) is 0 Å². The minimum absolute atomic E-state index is 0.0897. The van der Waals surface area contributed by atoms with Crippen molar-refractivity contribution in [2.75, 3.05) is 10.6 Å². The van der Waals surface area contributed by atoms with Gasteiger partial charge in [-0.25, -0.2) is 4.98 Å². The monoisotopic (exact) mass is 311 g/mol. The van der Waals surface area contributed by atoms with Gasteiger partial charge < -0.3 is 10.6 Å². The molecule has 8 heteroatoms. The van der Waals surface area contributed by atoms with Crippen LogP contribution in [0.2, 0.25) is 0 Å². The number of nitrogens with one attached hydrogen (secondary N) is 4. The number of rotatable bonds is 4. The Hall–Kier alpha value is -2.90. The summed E-state index contributed by atoms with van der Waals surface area (Å²) in [7, 11) is 0. The Labute approximate surface area is 131 Å². The van der Waals surface area contributed by atoms with Crippen molar-refractivity contribution >= 4 is 22.5 Å². The van der Waals surface area contributed by atoms with E-state index < -0.39 is 0 Å². The first-order valence-electron chi connectivity index (χ1n) is 7.65. The van der Waals surface area contributed by atoms with Crippen LogP contribution in [0.5, 0.6) is 0 Å². The SMILES string of the molecule is O=c1[nH][nH]c2cc(NC3CCC(Nc4nccnn4)C3)ccc12. The summed E-state index contributed by atoms with van der Waals surface area (Å²) in [5.41, 5.74) is 1.74. The van der Waals surface area contributed by atoms with Gasteiger partial charge in [-0.2, -0.15) is 5.10 Å². The second-order valence-corrected chi connectivity index (χ2v) is 5.80. The summed E-state index contributed by atoms with van der Waals surface area (Å²) in [6.07, 6.45) is 6.30. The Morgan fingerprint density at radius 3 is 2.78 bits per heavy atom. The first-order valence-corrected chi connectivity index (χ1v) is 7.65. The maximum atomic E-state index is 11.5. The van der Waals surface area contributed by atoms with E-state index in [0.29, 0.717) is 23.4 Å². The van der Waals surface area contributed by atoms with E-state index in [0.717, 1.165) is 30.5 Å². The maximum absolute atomic E-state index is 11.5. The molecular formula is C15H17N7O. The van der Waals surface area contributed by atoms with Gasteiger partial charge in [0.1, 0.15) is 0 Å². The van der Waals surface area contributed by atoms with Crippen molar-refractivity contribution in [1.82, 2.24) is 25.4 Å². The Balaban J connectivity index is 1.40. The van der Waals surface area contributed by atoms with Crippen molar-refractivity contribution in [1.29, 1.82) is 0 Å². The average Bonchev–Trinajstić information content (AvgIpc) is 3.15. The van der Waals surface area contributed by atoms with Crippen LogP contribution in [0.4, 0.5) is 11.6 Å². The van der Waals surface area contributed by atoms with Gasteiger partial charge in [0.25, 0.3) is 5.56 Å². The highest BCUT2D eigenvalue weighted by molar-refractivity contribution is 5.81. The Morgan fingerprint density at radius 1 is 1.09 bits per heavy atom. The normalized spacial score (nSPS) is 20.7. The van der Waals surface area contributed by atoms with Gasteiger partial charge in [-0.15, -0.1) is 5.10 Å². The molecule has 0 bridgehead atoms. The standard InChI is InChI=1S/C15H17N7O/c23-14-12-4-3-11(8-13(12)20-21-14)18-9-1-2-10(7-9)19-15-16-5-6-17-22-15/h3-6,8-10,18H,1-2,7H2,(H,16,19,22)(H2,20,21,23). The molecule has 0 aliphatic heterocycles. The fourth-order valence-corrected chi connectivity index (χ4v) is 3.10. The first-order chi connectivity index (χ1) is 11.3. The highest BCUT2D eigenvalue weighted by Crippen LogP contribution is 2.25. The molecule has 2 unspecified atom stereocenters. The number of aromatic amines is 2. The number of benzene rings is 1. The highest BCUT2D eigenvalue weighted by Gasteiger charge is 2.25. The molecule has 0 radical (unpaired) electrons. The number of hydrogen-bond donors (Lipinski definition) is 4. The molecule has 1 aliphatic carbocycles. The summed E-state index contributed by atoms with van der Waals surface area (Å²) in [6, 6.07) is 6.45. The van der Waals surface area contributed by atoms with Gasteiger partial charge in [0.2, 0.25) is 5.95 Å². The fourth-order valence-electron chi connectivity index (χ4n) is 3.10. The molecule has 23 heavy (non-hydrogen) atoms. The quantitative estimate of drug-likeness (QED) is 0.581. The largest absolute Gasteiger partial charge is 0.382 e. The highest BCUT2D eigenvalue weighted by atomic mass is 16.1. The van der Waals surface area contributed by atoms with Crippen molar-refractivity contribution in [2.24, 2.45) is 0 Å². The number of hydrogen-bond acceptors (Lipinski definition) is 6. The van der Waals surface area contributed by atoms with Crippen LogP contribution in [0.25, 0.3) is 10.9 Å². The molecule has 1 fully saturated rings. The lowest BCUT2D eigenvalue weighted by Gasteiger charge is -2.15. The third-order valence-electron chi connectivity index (χ3n) is 4.19. The van der Waals surface area contributed by atoms with Crippen LogP contribution in [0, 0.1) is 0 Å². The average molecular weight is 311 g/mol. The molecule has 2 aromatic heterocycles. The van der Waals surface area contributed by atoms with Gasteiger partial charge in [-0.1, -0.05) is 0 Å². The second-order valence-electron chi connectivity index (χ2n) is 5.80. The molecule has 118 valence electrons. The van der Waals surface area contributed by atoms with Crippen molar-refractivity contribution in [3.63, 3.8) is 0 Å². The number of anilines is 2. The van der Waals surface area contributed by atoms with Crippen LogP contribution in [0.3, 0.4) is 0 Å². The summed E-state index contributed by atoms with van der Waals surface area (Å²) in [6.45, 7) is 0. The van der Waals surface area contributed by atoms with Gasteiger partial charge in [-0.05, 0) is 37.5 Å². The Kier molecular flexibility index (Phi) is 3.41. The van der Waals surface area contributed by atoms with E-state index in [4.69, 9.17) is 0 Å². The number of H-pyrrole nitrogens is 2. The molecule has 0 amide bonds. The topological polar surface area (TPSA) is 111 Å². The van der Waals surface area contributed by atoms with E-state index in [2.05, 4.69) is 36.0 Å². The van der Waals surface area contributed by atoms with Crippen molar-refractivity contribution in [3.8, 4) is 0 Å². The molecule has 4 N–H and O–H groups in total. The second kappa shape index (κ2) is 5.71. The lowest BCUT2D eigenvalue weighted by Crippen LogP contribution is -2.21. The third kappa shape index (κ3) is 2.87. The van der Waals surface area contributed by atoms with Crippen LogP contribution >= 0.6 is 0 Å². The number of aromatic nitrogens is 5. The molecule has 1 aliphatic rings. The Bertz CT molecular complexity index is 857. The molecule has 1 aromatic carbocycles. The molecule has 4 rings (SSSR count). The third-order valence-corrected chi connectivity index (χ3v) is 4.19. The van der Waals surface area contributed by atoms with Gasteiger partial charge in [0, 0.05) is 17.8 Å². The van der Waals surface area contributed by atoms with E-state index >= 15 is 0 Å². The zero-order chi connectivity index (χ0) is 15.6. The minimum Gasteiger partial charge on any atom is -0.382 e. The lowest BCUT2D eigenvalue weighted by molar-refractivity contribution is 0.715. The zero-order valence-electron chi connectivity index (χ0n) is 12.4. The Morgan fingerprint density at radius 2 is 1.96 bits per heavy atom. The van der Waals surface area contributed by atoms with Gasteiger partial charge in [0.05, 0.1) is 23.3 Å². The predicted molar refractivity (Wildman–Crippen MR) is 87.4 cm³/mol. The minimum atomic E-state index is -0.0897. The molecular weight excluding hydrogens is 294 g/mol. The van der Waals surface area contributed by atoms with E-state index in [9.17, 15) is 4.79 Å². The smallest absolute Gasteiger partial charge is 0.271 e. The molecule has 0 saturated heterocycles. The van der Waals surface area contributed by atoms with E-state index in [1.54, 1.807) is 12.4 Å². The van der Waals surface area contributed by atoms with Crippen LogP contribution in [0.1, 0.15) is 19.3 Å². The van der Waals surface area contributed by atoms with Gasteiger partial charge >= 0.3 is 0 Å². The number of nitrogens with zero attached hydrogens (tertiary/aromatic N) is 3. The molecule has 0 spiro atoms. The van der Waals surface area contributed by atoms with E-state index in [1.807, 2.05) is 18.2 Å². The predicted octanol–water partition coefficient (Wildman–Crippen LogP) is 1.49.